The predicted molar refractivity (Wildman–Crippen MR) is 157 cm³/mol. The lowest BCUT2D eigenvalue weighted by molar-refractivity contribution is -0.121. The summed E-state index contributed by atoms with van der Waals surface area (Å²) in [5.41, 5.74) is 1.50. The molecular weight excluding hydrogens is 490 g/mol. The molecule has 0 heterocycles. The van der Waals surface area contributed by atoms with E-state index in [1.54, 1.807) is 30.3 Å². The fourth-order valence-electron chi connectivity index (χ4n) is 4.38. The van der Waals surface area contributed by atoms with Gasteiger partial charge in [-0.3, -0.25) is 4.79 Å². The molecule has 0 saturated carbocycles. The van der Waals surface area contributed by atoms with Crippen LogP contribution in [0.4, 0.5) is 0 Å². The first kappa shape index (κ1) is 31.9. The van der Waals surface area contributed by atoms with E-state index in [0.717, 1.165) is 63.4 Å². The predicted octanol–water partition coefficient (Wildman–Crippen LogP) is 7.89. The molecule has 0 aliphatic heterocycles. The SMILES string of the molecule is CCCCCC[C@H](C/C=C\CCCCCCCC(=O)NCc1ccc(O)c(OC)c1)OC(=O)c1ccccc1. The molecule has 1 atom stereocenters. The first-order chi connectivity index (χ1) is 19.0. The Morgan fingerprint density at radius 3 is 2.44 bits per heavy atom. The minimum atomic E-state index is -0.237. The van der Waals surface area contributed by atoms with Crippen LogP contribution in [0.5, 0.6) is 11.5 Å². The van der Waals surface area contributed by atoms with Crippen molar-refractivity contribution in [3.05, 3.63) is 71.8 Å². The number of carbonyl (C=O) groups is 2. The van der Waals surface area contributed by atoms with Crippen LogP contribution in [0.15, 0.2) is 60.7 Å². The number of aromatic hydroxyl groups is 1. The average Bonchev–Trinajstić information content (AvgIpc) is 2.96. The van der Waals surface area contributed by atoms with Crippen molar-refractivity contribution in [2.24, 2.45) is 0 Å². The van der Waals surface area contributed by atoms with Crippen molar-refractivity contribution >= 4 is 11.9 Å². The van der Waals surface area contributed by atoms with Crippen LogP contribution in [0.25, 0.3) is 0 Å². The van der Waals surface area contributed by atoms with E-state index >= 15 is 0 Å². The molecule has 0 bridgehead atoms. The average molecular weight is 538 g/mol. The van der Waals surface area contributed by atoms with Gasteiger partial charge in [-0.05, 0) is 61.9 Å². The first-order valence-corrected chi connectivity index (χ1v) is 14.6. The number of methoxy groups -OCH3 is 1. The highest BCUT2D eigenvalue weighted by molar-refractivity contribution is 5.89. The normalized spacial score (nSPS) is 11.8. The monoisotopic (exact) mass is 537 g/mol. The van der Waals surface area contributed by atoms with Crippen LogP contribution < -0.4 is 10.1 Å². The van der Waals surface area contributed by atoms with Crippen LogP contribution in [0.1, 0.15) is 106 Å². The van der Waals surface area contributed by atoms with Crippen molar-refractivity contribution < 1.29 is 24.2 Å². The topological polar surface area (TPSA) is 84.9 Å². The number of phenols is 1. The molecule has 0 spiro atoms. The van der Waals surface area contributed by atoms with E-state index in [2.05, 4.69) is 24.4 Å². The Morgan fingerprint density at radius 1 is 0.923 bits per heavy atom. The maximum absolute atomic E-state index is 12.5. The van der Waals surface area contributed by atoms with Gasteiger partial charge >= 0.3 is 5.97 Å². The molecule has 0 aliphatic carbocycles. The fourth-order valence-corrected chi connectivity index (χ4v) is 4.38. The molecule has 0 radical (unpaired) electrons. The highest BCUT2D eigenvalue weighted by atomic mass is 16.5. The van der Waals surface area contributed by atoms with Gasteiger partial charge < -0.3 is 19.9 Å². The smallest absolute Gasteiger partial charge is 0.338 e. The van der Waals surface area contributed by atoms with Gasteiger partial charge in [0, 0.05) is 19.4 Å². The molecule has 0 fully saturated rings. The third-order valence-corrected chi connectivity index (χ3v) is 6.74. The molecule has 2 rings (SSSR count). The van der Waals surface area contributed by atoms with Crippen molar-refractivity contribution in [2.45, 2.75) is 103 Å². The van der Waals surface area contributed by atoms with Crippen LogP contribution in [-0.2, 0) is 16.1 Å². The number of benzene rings is 2. The lowest BCUT2D eigenvalue weighted by Crippen LogP contribution is -2.22. The largest absolute Gasteiger partial charge is 0.504 e. The zero-order valence-electron chi connectivity index (χ0n) is 23.8. The third kappa shape index (κ3) is 13.9. The lowest BCUT2D eigenvalue weighted by Gasteiger charge is -2.16. The van der Waals surface area contributed by atoms with E-state index in [1.807, 2.05) is 18.2 Å². The Morgan fingerprint density at radius 2 is 1.67 bits per heavy atom. The Hall–Kier alpha value is -3.28. The minimum absolute atomic E-state index is 0.0437. The number of nitrogens with one attached hydrogen (secondary N) is 1. The molecule has 6 nitrogen and oxygen atoms in total. The number of carbonyl (C=O) groups excluding carboxylic acids is 2. The van der Waals surface area contributed by atoms with E-state index in [9.17, 15) is 14.7 Å². The summed E-state index contributed by atoms with van der Waals surface area (Å²) in [6.45, 7) is 2.62. The standard InChI is InChI=1S/C33H47NO5/c1-3-4-5-15-20-29(39-33(37)28-18-13-12-14-19-28)21-16-10-8-6-7-9-11-17-22-32(36)34-26-27-23-24-30(35)31(25-27)38-2/h10,12-14,16,18-19,23-25,29,35H,3-9,11,15,17,20-22,26H2,1-2H3,(H,34,36)/b16-10-/t29-/m1/s1. The summed E-state index contributed by atoms with van der Waals surface area (Å²) >= 11 is 0. The summed E-state index contributed by atoms with van der Waals surface area (Å²) in [5, 5.41) is 12.6. The minimum Gasteiger partial charge on any atom is -0.504 e. The molecule has 2 N–H and O–H groups in total. The molecule has 0 aromatic heterocycles. The molecule has 2 aromatic carbocycles. The summed E-state index contributed by atoms with van der Waals surface area (Å²) in [5.74, 6) is 0.306. The summed E-state index contributed by atoms with van der Waals surface area (Å²) in [6.07, 6.45) is 17.5. The van der Waals surface area contributed by atoms with Crippen LogP contribution in [0.3, 0.4) is 0 Å². The Kier molecular flexibility index (Phi) is 16.2. The van der Waals surface area contributed by atoms with E-state index in [4.69, 9.17) is 9.47 Å². The van der Waals surface area contributed by atoms with Crippen molar-refractivity contribution in [2.75, 3.05) is 7.11 Å². The Labute approximate surface area is 234 Å². The molecule has 0 unspecified atom stereocenters. The highest BCUT2D eigenvalue weighted by Gasteiger charge is 2.14. The van der Waals surface area contributed by atoms with Gasteiger partial charge in [0.05, 0.1) is 12.7 Å². The Bertz CT molecular complexity index is 989. The van der Waals surface area contributed by atoms with Crippen molar-refractivity contribution in [1.82, 2.24) is 5.32 Å². The number of ether oxygens (including phenoxy) is 2. The van der Waals surface area contributed by atoms with Gasteiger partial charge in [0.15, 0.2) is 11.5 Å². The zero-order valence-corrected chi connectivity index (χ0v) is 23.8. The van der Waals surface area contributed by atoms with Crippen LogP contribution in [0.2, 0.25) is 0 Å². The number of rotatable bonds is 20. The van der Waals surface area contributed by atoms with E-state index in [1.165, 1.54) is 26.4 Å². The second-order valence-electron chi connectivity index (χ2n) is 10.0. The van der Waals surface area contributed by atoms with Crippen molar-refractivity contribution in [3.8, 4) is 11.5 Å². The fraction of sp³-hybridized carbons (Fsp3) is 0.515. The van der Waals surface area contributed by atoms with Gasteiger partial charge in [-0.25, -0.2) is 4.79 Å². The summed E-state index contributed by atoms with van der Waals surface area (Å²) in [6, 6.07) is 14.3. The number of amides is 1. The number of hydrogen-bond donors (Lipinski definition) is 2. The van der Waals surface area contributed by atoms with Gasteiger partial charge in [0.25, 0.3) is 0 Å². The van der Waals surface area contributed by atoms with Gasteiger partial charge in [-0.2, -0.15) is 0 Å². The zero-order chi connectivity index (χ0) is 28.1. The number of phenolic OH excluding ortho intramolecular Hbond substituents is 1. The summed E-state index contributed by atoms with van der Waals surface area (Å²) in [4.78, 5) is 24.6. The summed E-state index contributed by atoms with van der Waals surface area (Å²) < 4.78 is 10.9. The van der Waals surface area contributed by atoms with Gasteiger partial charge in [0.2, 0.25) is 5.91 Å². The number of hydrogen-bond acceptors (Lipinski definition) is 5. The van der Waals surface area contributed by atoms with Crippen molar-refractivity contribution in [3.63, 3.8) is 0 Å². The third-order valence-electron chi connectivity index (χ3n) is 6.74. The quantitative estimate of drug-likeness (QED) is 0.102. The van der Waals surface area contributed by atoms with Crippen LogP contribution in [-0.4, -0.2) is 30.2 Å². The van der Waals surface area contributed by atoms with E-state index < -0.39 is 0 Å². The number of esters is 1. The molecule has 39 heavy (non-hydrogen) atoms. The van der Waals surface area contributed by atoms with E-state index in [0.29, 0.717) is 24.3 Å². The van der Waals surface area contributed by atoms with Crippen molar-refractivity contribution in [1.29, 1.82) is 0 Å². The molecule has 6 heteroatoms. The summed E-state index contributed by atoms with van der Waals surface area (Å²) in [7, 11) is 1.51. The van der Waals surface area contributed by atoms with Gasteiger partial charge in [0.1, 0.15) is 6.10 Å². The maximum Gasteiger partial charge on any atom is 0.338 e. The maximum atomic E-state index is 12.5. The Balaban J connectivity index is 1.56. The molecule has 2 aromatic rings. The van der Waals surface area contributed by atoms with E-state index in [-0.39, 0.29) is 23.7 Å². The molecule has 214 valence electrons. The number of unbranched alkanes of at least 4 members (excludes halogenated alkanes) is 8. The lowest BCUT2D eigenvalue weighted by atomic mass is 10.1. The molecule has 0 saturated heterocycles. The molecular formula is C33H47NO5. The first-order valence-electron chi connectivity index (χ1n) is 14.6. The second kappa shape index (κ2) is 19.7. The van der Waals surface area contributed by atoms with Gasteiger partial charge in [-0.1, -0.05) is 81.9 Å². The molecule has 0 aliphatic rings. The van der Waals surface area contributed by atoms with Crippen LogP contribution in [0, 0.1) is 0 Å². The molecule has 1 amide bonds. The van der Waals surface area contributed by atoms with Crippen LogP contribution >= 0.6 is 0 Å². The second-order valence-corrected chi connectivity index (χ2v) is 10.0. The number of allylic oxidation sites excluding steroid dienone is 1. The van der Waals surface area contributed by atoms with Gasteiger partial charge in [-0.15, -0.1) is 0 Å². The highest BCUT2D eigenvalue weighted by Crippen LogP contribution is 2.26.